The van der Waals surface area contributed by atoms with Gasteiger partial charge in [0.1, 0.15) is 11.5 Å². The summed E-state index contributed by atoms with van der Waals surface area (Å²) in [5.74, 6) is -0.977. The Morgan fingerprint density at radius 1 is 1.39 bits per heavy atom. The summed E-state index contributed by atoms with van der Waals surface area (Å²) in [6.45, 7) is 4.12. The zero-order valence-corrected chi connectivity index (χ0v) is 13.6. The van der Waals surface area contributed by atoms with Gasteiger partial charge in [0, 0.05) is 5.41 Å². The molecule has 0 spiro atoms. The van der Waals surface area contributed by atoms with Crippen molar-refractivity contribution in [2.24, 2.45) is 5.73 Å². The predicted octanol–water partition coefficient (Wildman–Crippen LogP) is 3.81. The third-order valence-electron chi connectivity index (χ3n) is 4.18. The van der Waals surface area contributed by atoms with E-state index in [2.05, 4.69) is 24.1 Å². The fraction of sp³-hybridized carbons (Fsp3) is 0.294. The van der Waals surface area contributed by atoms with Crippen LogP contribution in [0, 0.1) is 5.82 Å². The highest BCUT2D eigenvalue weighted by Crippen LogP contribution is 2.43. The Bertz CT molecular complexity index is 791. The Morgan fingerprint density at radius 2 is 2.13 bits per heavy atom. The van der Waals surface area contributed by atoms with Crippen LogP contribution in [0.3, 0.4) is 0 Å². The van der Waals surface area contributed by atoms with Crippen molar-refractivity contribution in [3.05, 3.63) is 58.1 Å². The van der Waals surface area contributed by atoms with Crippen molar-refractivity contribution in [3.63, 3.8) is 0 Å². The van der Waals surface area contributed by atoms with E-state index in [1.54, 1.807) is 18.2 Å². The van der Waals surface area contributed by atoms with Crippen LogP contribution in [0.1, 0.15) is 48.1 Å². The van der Waals surface area contributed by atoms with Gasteiger partial charge in [-0.15, -0.1) is 0 Å². The number of hydrogen-bond acceptors (Lipinski definition) is 3. The van der Waals surface area contributed by atoms with Gasteiger partial charge in [0.05, 0.1) is 22.4 Å². The molecule has 1 aromatic heterocycles. The summed E-state index contributed by atoms with van der Waals surface area (Å²) in [7, 11) is 0. The molecule has 120 valence electrons. The number of rotatable bonds is 2. The van der Waals surface area contributed by atoms with Crippen molar-refractivity contribution in [2.75, 3.05) is 5.32 Å². The van der Waals surface area contributed by atoms with Gasteiger partial charge in [-0.3, -0.25) is 4.79 Å². The number of benzene rings is 1. The number of amides is 1. The molecular formula is C17H17ClFN3O. The zero-order valence-electron chi connectivity index (χ0n) is 12.9. The number of hydrogen-bond donors (Lipinski definition) is 2. The van der Waals surface area contributed by atoms with E-state index in [1.165, 1.54) is 6.07 Å². The van der Waals surface area contributed by atoms with E-state index in [0.29, 0.717) is 0 Å². The summed E-state index contributed by atoms with van der Waals surface area (Å²) >= 11 is 5.89. The van der Waals surface area contributed by atoms with Crippen LogP contribution in [-0.2, 0) is 5.41 Å². The van der Waals surface area contributed by atoms with Gasteiger partial charge in [-0.1, -0.05) is 31.5 Å². The quantitative estimate of drug-likeness (QED) is 0.878. The molecule has 1 unspecified atom stereocenters. The Balaban J connectivity index is 2.01. The maximum atomic E-state index is 13.4. The Hall–Kier alpha value is -2.14. The SMILES string of the molecule is CC1(C)CC(c2ccc(F)c(Cl)c2)Nc2ccc(C(N)=O)nc21. The Labute approximate surface area is 138 Å². The fourth-order valence-electron chi connectivity index (χ4n) is 3.00. The number of nitrogens with two attached hydrogens (primary N) is 1. The number of fused-ring (bicyclic) bond motifs is 1. The predicted molar refractivity (Wildman–Crippen MR) is 88.2 cm³/mol. The van der Waals surface area contributed by atoms with Crippen LogP contribution in [0.5, 0.6) is 0 Å². The molecule has 1 atom stereocenters. The Morgan fingerprint density at radius 3 is 2.78 bits per heavy atom. The number of primary amides is 1. The van der Waals surface area contributed by atoms with Crippen LogP contribution in [0.15, 0.2) is 30.3 Å². The van der Waals surface area contributed by atoms with E-state index in [9.17, 15) is 9.18 Å². The number of nitrogens with one attached hydrogen (secondary N) is 1. The summed E-state index contributed by atoms with van der Waals surface area (Å²) in [4.78, 5) is 15.7. The molecule has 4 nitrogen and oxygen atoms in total. The van der Waals surface area contributed by atoms with Crippen LogP contribution < -0.4 is 11.1 Å². The first-order valence-electron chi connectivity index (χ1n) is 7.31. The van der Waals surface area contributed by atoms with E-state index in [1.807, 2.05) is 6.07 Å². The maximum Gasteiger partial charge on any atom is 0.267 e. The molecule has 6 heteroatoms. The summed E-state index contributed by atoms with van der Waals surface area (Å²) in [5, 5.41) is 3.49. The Kier molecular flexibility index (Phi) is 3.76. The second-order valence-corrected chi connectivity index (χ2v) is 6.82. The van der Waals surface area contributed by atoms with E-state index in [-0.39, 0.29) is 22.2 Å². The molecule has 0 radical (unpaired) electrons. The number of anilines is 1. The molecule has 1 aliphatic heterocycles. The van der Waals surface area contributed by atoms with Gasteiger partial charge in [-0.25, -0.2) is 9.37 Å². The number of nitrogens with zero attached hydrogens (tertiary/aromatic N) is 1. The second-order valence-electron chi connectivity index (χ2n) is 6.42. The number of aromatic nitrogens is 1. The van der Waals surface area contributed by atoms with Crippen molar-refractivity contribution >= 4 is 23.2 Å². The molecule has 1 aromatic carbocycles. The zero-order chi connectivity index (χ0) is 16.8. The molecular weight excluding hydrogens is 317 g/mol. The fourth-order valence-corrected chi connectivity index (χ4v) is 3.19. The van der Waals surface area contributed by atoms with Crippen LogP contribution >= 0.6 is 11.6 Å². The third-order valence-corrected chi connectivity index (χ3v) is 4.47. The van der Waals surface area contributed by atoms with Crippen molar-refractivity contribution in [1.82, 2.24) is 4.98 Å². The molecule has 3 N–H and O–H groups in total. The largest absolute Gasteiger partial charge is 0.377 e. The minimum atomic E-state index is -0.545. The normalized spacial score (nSPS) is 18.9. The van der Waals surface area contributed by atoms with Gasteiger partial charge in [-0.05, 0) is 36.2 Å². The highest BCUT2D eigenvalue weighted by Gasteiger charge is 2.35. The molecule has 0 saturated heterocycles. The van der Waals surface area contributed by atoms with Gasteiger partial charge in [0.2, 0.25) is 0 Å². The minimum absolute atomic E-state index is 0.0168. The highest BCUT2D eigenvalue weighted by atomic mass is 35.5. The van der Waals surface area contributed by atoms with E-state index in [4.69, 9.17) is 17.3 Å². The molecule has 2 heterocycles. The number of halogens is 2. The van der Waals surface area contributed by atoms with Gasteiger partial charge >= 0.3 is 0 Å². The lowest BCUT2D eigenvalue weighted by atomic mass is 9.76. The summed E-state index contributed by atoms with van der Waals surface area (Å²) in [6.07, 6.45) is 0.733. The van der Waals surface area contributed by atoms with Crippen LogP contribution in [-0.4, -0.2) is 10.9 Å². The first kappa shape index (κ1) is 15.7. The van der Waals surface area contributed by atoms with Gasteiger partial charge in [-0.2, -0.15) is 0 Å². The van der Waals surface area contributed by atoms with Crippen molar-refractivity contribution < 1.29 is 9.18 Å². The monoisotopic (exact) mass is 333 g/mol. The number of pyridine rings is 1. The van der Waals surface area contributed by atoms with Gasteiger partial charge in [0.15, 0.2) is 0 Å². The van der Waals surface area contributed by atoms with Crippen molar-refractivity contribution in [1.29, 1.82) is 0 Å². The molecule has 2 aromatic rings. The first-order valence-corrected chi connectivity index (χ1v) is 7.68. The second kappa shape index (κ2) is 5.49. The number of carbonyl (C=O) groups is 1. The molecule has 0 fully saturated rings. The number of carbonyl (C=O) groups excluding carboxylic acids is 1. The molecule has 3 rings (SSSR count). The smallest absolute Gasteiger partial charge is 0.267 e. The lowest BCUT2D eigenvalue weighted by Gasteiger charge is -2.38. The van der Waals surface area contributed by atoms with E-state index in [0.717, 1.165) is 23.4 Å². The standard InChI is InChI=1S/C17H17ClFN3O/c1-17(2)8-14(9-3-4-11(19)10(18)7-9)21-12-5-6-13(16(20)23)22-15(12)17/h3-7,14,21H,8H2,1-2H3,(H2,20,23). The van der Waals surface area contributed by atoms with Gasteiger partial charge < -0.3 is 11.1 Å². The van der Waals surface area contributed by atoms with Crippen LogP contribution in [0.25, 0.3) is 0 Å². The van der Waals surface area contributed by atoms with Crippen molar-refractivity contribution in [2.45, 2.75) is 31.7 Å². The molecule has 1 aliphatic rings. The minimum Gasteiger partial charge on any atom is -0.377 e. The van der Waals surface area contributed by atoms with Crippen LogP contribution in [0.2, 0.25) is 5.02 Å². The summed E-state index contributed by atoms with van der Waals surface area (Å²) in [6, 6.07) is 8.13. The summed E-state index contributed by atoms with van der Waals surface area (Å²) in [5.41, 5.74) is 7.86. The lowest BCUT2D eigenvalue weighted by Crippen LogP contribution is -2.33. The molecule has 23 heavy (non-hydrogen) atoms. The topological polar surface area (TPSA) is 68.0 Å². The molecule has 0 aliphatic carbocycles. The summed E-state index contributed by atoms with van der Waals surface area (Å²) < 4.78 is 13.4. The first-order chi connectivity index (χ1) is 10.8. The van der Waals surface area contributed by atoms with E-state index < -0.39 is 11.7 Å². The average molecular weight is 334 g/mol. The molecule has 1 amide bonds. The highest BCUT2D eigenvalue weighted by molar-refractivity contribution is 6.30. The average Bonchev–Trinajstić information content (AvgIpc) is 2.49. The van der Waals surface area contributed by atoms with Crippen LogP contribution in [0.4, 0.5) is 10.1 Å². The van der Waals surface area contributed by atoms with Gasteiger partial charge in [0.25, 0.3) is 5.91 Å². The third kappa shape index (κ3) is 2.88. The van der Waals surface area contributed by atoms with E-state index >= 15 is 0 Å². The molecule has 0 bridgehead atoms. The van der Waals surface area contributed by atoms with Crippen molar-refractivity contribution in [3.8, 4) is 0 Å². The lowest BCUT2D eigenvalue weighted by molar-refractivity contribution is 0.0995. The molecule has 0 saturated carbocycles. The maximum absolute atomic E-state index is 13.4.